The Bertz CT molecular complexity index is 1810. The predicted octanol–water partition coefficient (Wildman–Crippen LogP) is 9.69. The maximum absolute atomic E-state index is 2.44. The quantitative estimate of drug-likeness (QED) is 0.189. The molecule has 0 atom stereocenters. The number of nitrogens with zero attached hydrogens (tertiary/aromatic N) is 1. The van der Waals surface area contributed by atoms with Gasteiger partial charge in [0.05, 0.1) is 33.9 Å². The molecule has 0 radical (unpaired) electrons. The Labute approximate surface area is 209 Å². The molecule has 0 N–H and O–H groups in total. The van der Waals surface area contributed by atoms with Crippen molar-refractivity contribution in [3.63, 3.8) is 0 Å². The molecule has 0 unspecified atom stereocenters. The van der Waals surface area contributed by atoms with E-state index in [2.05, 4.69) is 135 Å². The van der Waals surface area contributed by atoms with Crippen molar-refractivity contribution in [2.75, 3.05) is 0 Å². The summed E-state index contributed by atoms with van der Waals surface area (Å²) < 4.78 is 4.98. The summed E-state index contributed by atoms with van der Waals surface area (Å²) in [5.74, 6) is 0. The van der Waals surface area contributed by atoms with Crippen LogP contribution in [0.2, 0.25) is 0 Å². The molecule has 0 amide bonds. The second-order valence-electron chi connectivity index (χ2n) is 8.42. The molecule has 0 saturated carbocycles. The zero-order chi connectivity index (χ0) is 21.9. The van der Waals surface area contributed by atoms with Gasteiger partial charge in [0.25, 0.3) is 0 Å². The van der Waals surface area contributed by atoms with Crippen molar-refractivity contribution in [1.82, 2.24) is 2.78 Å². The number of benzene rings is 5. The number of hydrogen-bond donors (Lipinski definition) is 0. The van der Waals surface area contributed by atoms with Crippen LogP contribution in [0.25, 0.3) is 64.2 Å². The molecule has 0 fully saturated rings. The number of fused-ring (bicyclic) bond motifs is 6. The van der Waals surface area contributed by atoms with Crippen LogP contribution in [0.3, 0.4) is 0 Å². The Morgan fingerprint density at radius 1 is 0.455 bits per heavy atom. The van der Waals surface area contributed by atoms with Crippen LogP contribution in [0.1, 0.15) is 0 Å². The SMILES string of the molecule is In1c2ccc(-c3ccccc3)cc2c2cc3c(cc21)sc1ccc(-c2ccccc2)cc13. The van der Waals surface area contributed by atoms with Crippen LogP contribution in [0, 0.1) is 0 Å². The average molecular weight is 551 g/mol. The van der Waals surface area contributed by atoms with Gasteiger partial charge in [0.15, 0.2) is 0 Å². The highest BCUT2D eigenvalue weighted by atomic mass is 127. The summed E-state index contributed by atoms with van der Waals surface area (Å²) in [4.78, 5) is 0. The van der Waals surface area contributed by atoms with E-state index in [-0.39, 0.29) is 0 Å². The maximum Gasteiger partial charge on any atom is 0.0646 e. The van der Waals surface area contributed by atoms with Crippen LogP contribution >= 0.6 is 34.2 Å². The predicted molar refractivity (Wildman–Crippen MR) is 153 cm³/mol. The highest BCUT2D eigenvalue weighted by Crippen LogP contribution is 2.42. The second-order valence-corrected chi connectivity index (χ2v) is 10.5. The summed E-state index contributed by atoms with van der Waals surface area (Å²) in [5, 5.41) is 5.30. The number of hydrogen-bond acceptors (Lipinski definition) is 1. The van der Waals surface area contributed by atoms with Gasteiger partial charge in [-0.15, -0.1) is 11.3 Å². The van der Waals surface area contributed by atoms with Crippen molar-refractivity contribution < 1.29 is 0 Å². The van der Waals surface area contributed by atoms with Gasteiger partial charge < -0.3 is 0 Å². The molecule has 2 aromatic heterocycles. The van der Waals surface area contributed by atoms with E-state index in [1.54, 1.807) is 0 Å². The fourth-order valence-electron chi connectivity index (χ4n) is 4.86. The molecule has 0 spiro atoms. The van der Waals surface area contributed by atoms with E-state index in [1.165, 1.54) is 64.2 Å². The van der Waals surface area contributed by atoms with E-state index in [0.29, 0.717) is 0 Å². The number of rotatable bonds is 2. The monoisotopic (exact) mass is 551 g/mol. The van der Waals surface area contributed by atoms with E-state index in [4.69, 9.17) is 0 Å². The van der Waals surface area contributed by atoms with Crippen molar-refractivity contribution >= 4 is 76.2 Å². The van der Waals surface area contributed by atoms with Crippen LogP contribution in [0.5, 0.6) is 0 Å². The summed E-state index contributed by atoms with van der Waals surface area (Å²) in [5.41, 5.74) is 7.58. The molecule has 0 bridgehead atoms. The lowest BCUT2D eigenvalue weighted by Gasteiger charge is -2.02. The lowest BCUT2D eigenvalue weighted by Crippen LogP contribution is -1.79. The zero-order valence-electron chi connectivity index (χ0n) is 17.6. The summed E-state index contributed by atoms with van der Waals surface area (Å²) in [6.45, 7) is 0. The van der Waals surface area contributed by atoms with Gasteiger partial charge in [0, 0.05) is 30.9 Å². The van der Waals surface area contributed by atoms with E-state index in [0.717, 1.165) is 0 Å². The van der Waals surface area contributed by atoms with E-state index < -0.39 is 0 Å². The van der Waals surface area contributed by atoms with Gasteiger partial charge in [-0.25, -0.2) is 0 Å². The third-order valence-corrected chi connectivity index (χ3v) is 8.68. The minimum atomic E-state index is 1.25. The summed E-state index contributed by atoms with van der Waals surface area (Å²) >= 11 is 4.33. The van der Waals surface area contributed by atoms with Crippen LogP contribution in [0.4, 0.5) is 0 Å². The van der Waals surface area contributed by atoms with Gasteiger partial charge in [0.2, 0.25) is 0 Å². The minimum Gasteiger partial charge on any atom is -0.282 e. The molecule has 7 rings (SSSR count). The molecule has 0 aliphatic heterocycles. The van der Waals surface area contributed by atoms with Gasteiger partial charge in [-0.2, -0.15) is 0 Å². The van der Waals surface area contributed by atoms with E-state index in [9.17, 15) is 0 Å². The molecule has 5 aromatic carbocycles. The lowest BCUT2D eigenvalue weighted by atomic mass is 10.0. The van der Waals surface area contributed by atoms with Crippen molar-refractivity contribution in [3.05, 3.63) is 109 Å². The Kier molecular flexibility index (Phi) is 4.36. The topological polar surface area (TPSA) is 4.93 Å². The first kappa shape index (κ1) is 19.3. The third kappa shape index (κ3) is 3.03. The van der Waals surface area contributed by atoms with E-state index in [1.807, 2.05) is 11.3 Å². The minimum absolute atomic E-state index is 1.25. The Morgan fingerprint density at radius 3 is 1.73 bits per heavy atom. The van der Waals surface area contributed by atoms with Gasteiger partial charge in [-0.05, 0) is 58.7 Å². The highest BCUT2D eigenvalue weighted by molar-refractivity contribution is 14.1. The van der Waals surface area contributed by atoms with Crippen LogP contribution < -0.4 is 0 Å². The highest BCUT2D eigenvalue weighted by Gasteiger charge is 2.15. The Balaban J connectivity index is 1.51. The molecule has 33 heavy (non-hydrogen) atoms. The van der Waals surface area contributed by atoms with Crippen molar-refractivity contribution in [1.29, 1.82) is 0 Å². The first-order valence-corrected chi connectivity index (χ1v) is 12.8. The zero-order valence-corrected chi connectivity index (χ0v) is 20.6. The first-order valence-electron chi connectivity index (χ1n) is 11.0. The summed E-state index contributed by atoms with van der Waals surface area (Å²) in [6.07, 6.45) is 0. The van der Waals surface area contributed by atoms with Gasteiger partial charge in [0.1, 0.15) is 0 Å². The maximum atomic E-state index is 2.44. The summed E-state index contributed by atoms with van der Waals surface area (Å²) in [6, 6.07) is 39.8. The van der Waals surface area contributed by atoms with Crippen LogP contribution in [0.15, 0.2) is 109 Å². The molecular weight excluding hydrogens is 533 g/mol. The molecule has 0 aliphatic carbocycles. The second kappa shape index (κ2) is 7.44. The largest absolute Gasteiger partial charge is 0.282 e. The smallest absolute Gasteiger partial charge is 0.0646 e. The first-order chi connectivity index (χ1) is 16.3. The fourth-order valence-corrected chi connectivity index (χ4v) is 6.78. The number of aromatic nitrogens is 1. The van der Waals surface area contributed by atoms with Crippen LogP contribution in [-0.4, -0.2) is 2.78 Å². The Hall–Kier alpha value is -3.15. The standard InChI is InChI=1S/C30H18INS/c31-32-27-13-11-21(19-7-3-1-4-8-19)15-23(27)24-17-26-25-16-22(20-9-5-2-6-10-20)12-14-29(25)33-30(26)18-28(24)32/h1-18H. The van der Waals surface area contributed by atoms with Crippen molar-refractivity contribution in [3.8, 4) is 22.3 Å². The number of halogens is 1. The van der Waals surface area contributed by atoms with Gasteiger partial charge in [-0.1, -0.05) is 72.8 Å². The molecule has 3 heteroatoms. The Morgan fingerprint density at radius 2 is 1.03 bits per heavy atom. The molecule has 1 nitrogen and oxygen atoms in total. The molecule has 156 valence electrons. The normalized spacial score (nSPS) is 11.8. The molecule has 2 heterocycles. The fraction of sp³-hybridized carbons (Fsp3) is 0. The van der Waals surface area contributed by atoms with E-state index >= 15 is 0 Å². The molecular formula is C30H18INS. The van der Waals surface area contributed by atoms with Gasteiger partial charge in [-0.3, -0.25) is 2.78 Å². The average Bonchev–Trinajstić information content (AvgIpc) is 3.37. The molecule has 0 aliphatic rings. The third-order valence-electron chi connectivity index (χ3n) is 6.51. The van der Waals surface area contributed by atoms with Gasteiger partial charge >= 0.3 is 0 Å². The van der Waals surface area contributed by atoms with Crippen LogP contribution in [-0.2, 0) is 0 Å². The molecule has 7 aromatic rings. The number of thiophene rings is 1. The van der Waals surface area contributed by atoms with Crippen molar-refractivity contribution in [2.24, 2.45) is 0 Å². The molecule has 0 saturated heterocycles. The summed E-state index contributed by atoms with van der Waals surface area (Å²) in [7, 11) is 0. The lowest BCUT2D eigenvalue weighted by molar-refractivity contribution is 1.50. The van der Waals surface area contributed by atoms with Crippen molar-refractivity contribution in [2.45, 2.75) is 0 Å².